The molecule has 1 aliphatic carbocycles. The maximum absolute atomic E-state index is 13.8. The second-order valence-electron chi connectivity index (χ2n) is 9.72. The minimum Gasteiger partial charge on any atom is -0.481 e. The van der Waals surface area contributed by atoms with Gasteiger partial charge in [-0.05, 0) is 42.7 Å². The lowest BCUT2D eigenvalue weighted by Gasteiger charge is -2.25. The minimum atomic E-state index is -2.37. The third-order valence-corrected chi connectivity index (χ3v) is 7.60. The molecule has 1 saturated heterocycles. The fraction of sp³-hybridized carbons (Fsp3) is 0.241. The molecule has 1 fully saturated rings. The molecule has 3 aliphatic rings. The number of nitrogens with one attached hydrogen (secondary N) is 1. The summed E-state index contributed by atoms with van der Waals surface area (Å²) in [5.41, 5.74) is 0.516. The molecule has 0 radical (unpaired) electrons. The summed E-state index contributed by atoms with van der Waals surface area (Å²) < 4.78 is 16.9. The van der Waals surface area contributed by atoms with Gasteiger partial charge in [0.2, 0.25) is 29.9 Å². The van der Waals surface area contributed by atoms with Crippen LogP contribution in [0.15, 0.2) is 60.7 Å². The van der Waals surface area contributed by atoms with E-state index in [-0.39, 0.29) is 17.9 Å². The Morgan fingerprint density at radius 2 is 1.58 bits per heavy atom. The number of fused-ring (bicyclic) bond motifs is 2. The van der Waals surface area contributed by atoms with Gasteiger partial charge in [-0.3, -0.25) is 19.2 Å². The molecule has 192 valence electrons. The van der Waals surface area contributed by atoms with Gasteiger partial charge in [0.1, 0.15) is 5.92 Å². The molecule has 1 amide bonds. The molecule has 0 aromatic heterocycles. The van der Waals surface area contributed by atoms with Crippen LogP contribution in [-0.4, -0.2) is 40.9 Å². The van der Waals surface area contributed by atoms with Crippen LogP contribution in [0.2, 0.25) is 0 Å². The Morgan fingerprint density at radius 1 is 0.895 bits per heavy atom. The van der Waals surface area contributed by atoms with Gasteiger partial charge in [-0.25, -0.2) is 0 Å². The highest BCUT2D eigenvalue weighted by Gasteiger charge is 2.71. The molecule has 38 heavy (non-hydrogen) atoms. The monoisotopic (exact) mass is 513 g/mol. The van der Waals surface area contributed by atoms with Crippen molar-refractivity contribution in [2.45, 2.75) is 25.6 Å². The van der Waals surface area contributed by atoms with Crippen LogP contribution in [0, 0.1) is 25.7 Å². The topological polar surface area (TPSA) is 128 Å². The highest BCUT2D eigenvalue weighted by molar-refractivity contribution is 6.34. The number of ether oxygens (including phenoxy) is 3. The summed E-state index contributed by atoms with van der Waals surface area (Å²) in [4.78, 5) is 54.1. The van der Waals surface area contributed by atoms with E-state index in [0.717, 1.165) is 11.1 Å². The van der Waals surface area contributed by atoms with Gasteiger partial charge in [0.05, 0.1) is 12.0 Å². The average Bonchev–Trinajstić information content (AvgIpc) is 3.57. The zero-order chi connectivity index (χ0) is 26.8. The SMILES string of the molecule is Cc1ccc(C2OC3(C(=O)c4ccccc4C3=O)C(C(=O)O)C2C(=O)Nc2ccc3c(c2)OCO3)cc1C. The number of anilines is 1. The second-order valence-corrected chi connectivity index (χ2v) is 9.72. The molecule has 0 bridgehead atoms. The van der Waals surface area contributed by atoms with Crippen LogP contribution < -0.4 is 14.8 Å². The number of aryl methyl sites for hydroxylation is 2. The molecule has 2 heterocycles. The van der Waals surface area contributed by atoms with Crippen molar-refractivity contribution in [2.24, 2.45) is 11.8 Å². The zero-order valence-corrected chi connectivity index (χ0v) is 20.5. The molecule has 0 saturated carbocycles. The Bertz CT molecular complexity index is 1510. The number of aliphatic carboxylic acids is 1. The smallest absolute Gasteiger partial charge is 0.311 e. The number of carboxylic acids is 1. The lowest BCUT2D eigenvalue weighted by molar-refractivity contribution is -0.147. The maximum Gasteiger partial charge on any atom is 0.311 e. The highest BCUT2D eigenvalue weighted by Crippen LogP contribution is 2.54. The summed E-state index contributed by atoms with van der Waals surface area (Å²) in [7, 11) is 0. The first-order valence-corrected chi connectivity index (χ1v) is 12.1. The predicted octanol–water partition coefficient (Wildman–Crippen LogP) is 3.88. The number of hydrogen-bond acceptors (Lipinski definition) is 7. The molecule has 3 aromatic rings. The maximum atomic E-state index is 13.8. The third-order valence-electron chi connectivity index (χ3n) is 7.60. The number of carbonyl (C=O) groups is 4. The van der Waals surface area contributed by atoms with Crippen molar-refractivity contribution in [2.75, 3.05) is 12.1 Å². The number of hydrogen-bond donors (Lipinski definition) is 2. The van der Waals surface area contributed by atoms with Crippen LogP contribution in [0.4, 0.5) is 5.69 Å². The van der Waals surface area contributed by atoms with Crippen molar-refractivity contribution in [3.8, 4) is 11.5 Å². The van der Waals surface area contributed by atoms with Crippen molar-refractivity contribution in [3.05, 3.63) is 88.5 Å². The van der Waals surface area contributed by atoms with Gasteiger partial charge in [-0.2, -0.15) is 0 Å². The number of amides is 1. The number of ketones is 2. The zero-order valence-electron chi connectivity index (χ0n) is 20.5. The van der Waals surface area contributed by atoms with Crippen molar-refractivity contribution in [1.82, 2.24) is 0 Å². The van der Waals surface area contributed by atoms with Crippen LogP contribution >= 0.6 is 0 Å². The minimum absolute atomic E-state index is 0.0481. The van der Waals surface area contributed by atoms with Crippen LogP contribution in [0.3, 0.4) is 0 Å². The van der Waals surface area contributed by atoms with Gasteiger partial charge in [0.25, 0.3) is 0 Å². The Morgan fingerprint density at radius 3 is 2.24 bits per heavy atom. The molecule has 9 nitrogen and oxygen atoms in total. The highest BCUT2D eigenvalue weighted by atomic mass is 16.7. The van der Waals surface area contributed by atoms with Crippen molar-refractivity contribution >= 4 is 29.1 Å². The molecule has 3 unspecified atom stereocenters. The molecule has 2 N–H and O–H groups in total. The van der Waals surface area contributed by atoms with E-state index in [0.29, 0.717) is 22.7 Å². The number of carbonyl (C=O) groups excluding carboxylic acids is 3. The molecule has 2 aliphatic heterocycles. The molecular weight excluding hydrogens is 490 g/mol. The molecule has 3 aromatic carbocycles. The first kappa shape index (κ1) is 23.9. The Balaban J connectivity index is 1.47. The van der Waals surface area contributed by atoms with E-state index in [1.807, 2.05) is 19.9 Å². The fourth-order valence-corrected chi connectivity index (χ4v) is 5.58. The predicted molar refractivity (Wildman–Crippen MR) is 133 cm³/mol. The van der Waals surface area contributed by atoms with Gasteiger partial charge >= 0.3 is 5.97 Å². The summed E-state index contributed by atoms with van der Waals surface area (Å²) in [5.74, 6) is -5.90. The van der Waals surface area contributed by atoms with E-state index in [1.54, 1.807) is 42.5 Å². The van der Waals surface area contributed by atoms with Gasteiger partial charge in [-0.15, -0.1) is 0 Å². The van der Waals surface area contributed by atoms with E-state index < -0.39 is 47.0 Å². The van der Waals surface area contributed by atoms with Crippen LogP contribution in [0.1, 0.15) is 43.5 Å². The third kappa shape index (κ3) is 3.35. The summed E-state index contributed by atoms with van der Waals surface area (Å²) in [6, 6.07) is 16.3. The Hall–Kier alpha value is -4.50. The lowest BCUT2D eigenvalue weighted by Crippen LogP contribution is -2.52. The summed E-state index contributed by atoms with van der Waals surface area (Å²) in [5, 5.41) is 13.2. The lowest BCUT2D eigenvalue weighted by atomic mass is 9.75. The van der Waals surface area contributed by atoms with E-state index in [9.17, 15) is 24.3 Å². The van der Waals surface area contributed by atoms with E-state index >= 15 is 0 Å². The Kier molecular flexibility index (Phi) is 5.36. The summed E-state index contributed by atoms with van der Waals surface area (Å²) in [6.07, 6.45) is -1.17. The number of Topliss-reactive ketones (excluding diaryl/α,β-unsaturated/α-hetero) is 2. The van der Waals surface area contributed by atoms with E-state index in [1.165, 1.54) is 12.1 Å². The molecule has 3 atom stereocenters. The Labute approximate surface area is 217 Å². The molecular formula is C29H23NO8. The van der Waals surface area contributed by atoms with Gasteiger partial charge in [0.15, 0.2) is 11.5 Å². The van der Waals surface area contributed by atoms with Crippen molar-refractivity contribution < 1.29 is 38.5 Å². The normalized spacial score (nSPS) is 22.5. The second kappa shape index (κ2) is 8.53. The van der Waals surface area contributed by atoms with Crippen LogP contribution in [0.5, 0.6) is 11.5 Å². The fourth-order valence-electron chi connectivity index (χ4n) is 5.58. The summed E-state index contributed by atoms with van der Waals surface area (Å²) in [6.45, 7) is 3.84. The number of benzene rings is 3. The standard InChI is InChI=1S/C29H23NO8/c1-14-7-8-16(11-15(14)2)24-22(27(33)30-17-9-10-20-21(12-17)37-13-36-20)23(28(34)35)29(38-24)25(31)18-5-3-4-6-19(18)26(29)32/h3-12,22-24H,13H2,1-2H3,(H,30,33)(H,34,35). The van der Waals surface area contributed by atoms with Gasteiger partial charge in [-0.1, -0.05) is 42.5 Å². The quantitative estimate of drug-likeness (QED) is 0.503. The van der Waals surface area contributed by atoms with E-state index in [4.69, 9.17) is 14.2 Å². The number of carboxylic acid groups (broad SMARTS) is 1. The first-order valence-electron chi connectivity index (χ1n) is 12.1. The van der Waals surface area contributed by atoms with Gasteiger partial charge in [0, 0.05) is 22.9 Å². The summed E-state index contributed by atoms with van der Waals surface area (Å²) >= 11 is 0. The van der Waals surface area contributed by atoms with Crippen LogP contribution in [-0.2, 0) is 14.3 Å². The average molecular weight is 514 g/mol. The van der Waals surface area contributed by atoms with Crippen molar-refractivity contribution in [3.63, 3.8) is 0 Å². The largest absolute Gasteiger partial charge is 0.481 e. The van der Waals surface area contributed by atoms with Crippen molar-refractivity contribution in [1.29, 1.82) is 0 Å². The molecule has 9 heteroatoms. The van der Waals surface area contributed by atoms with Gasteiger partial charge < -0.3 is 24.6 Å². The molecule has 1 spiro atoms. The number of rotatable bonds is 4. The first-order chi connectivity index (χ1) is 18.2. The van der Waals surface area contributed by atoms with Crippen LogP contribution in [0.25, 0.3) is 0 Å². The van der Waals surface area contributed by atoms with E-state index in [2.05, 4.69) is 5.32 Å². The molecule has 6 rings (SSSR count).